The molecule has 46 heteroatoms. The molecule has 2 aliphatic carbocycles. The van der Waals surface area contributed by atoms with E-state index in [4.69, 9.17) is 69.0 Å². The molecule has 0 aromatic heterocycles. The molecule has 781 valence electrons. The fourth-order valence-corrected chi connectivity index (χ4v) is 15.0. The fraction of sp³-hybridized carbons (Fsp3) is 0.908. The number of carboxylic acids is 4. The van der Waals surface area contributed by atoms with Crippen LogP contribution in [0.2, 0.25) is 0 Å². The van der Waals surface area contributed by atoms with E-state index in [0.717, 1.165) is 223 Å². The number of carbonyl (C=O) groups is 8. The second-order valence-corrected chi connectivity index (χ2v) is 36.1. The summed E-state index contributed by atoms with van der Waals surface area (Å²) in [7, 11) is 13.1. The van der Waals surface area contributed by atoms with Gasteiger partial charge in [0.25, 0.3) is 0 Å². The van der Waals surface area contributed by atoms with Gasteiger partial charge in [-0.15, -0.1) is 0 Å². The summed E-state index contributed by atoms with van der Waals surface area (Å²) in [5.74, 6) is -7.61. The Labute approximate surface area is 807 Å². The number of halogens is 2. The summed E-state index contributed by atoms with van der Waals surface area (Å²) in [5, 5.41) is 122. The van der Waals surface area contributed by atoms with Gasteiger partial charge in [-0.3, -0.25) is 38.4 Å². The van der Waals surface area contributed by atoms with Crippen LogP contribution in [-0.2, 0) is 79.9 Å². The standard InChI is InChI=1S/C30H49N5O16.C18H39N5O2.C16H35N5.C12H30N6.C11H26N4.2ClH.Mn/c36-23(37)1-5-27(44)48-15-19-11-31-9-10-32-20(16-49-28(45)6-2-24(38)39)12-34-22(18-51-30(47)8-4-26(42)43)14-35-21(13-33-19)17-50-29(46)7-3-25(40)41;1-24-13-15-11-19-7-8-20-16(14-25-2)12-23-18-6-4-3-5-17(18)22-10-9-21-15;1-13-11-20-15-5-3-4-6-16(15)21-12-14(2)19-10-8-17-7-9-18-13;1-2-14-5-6-16-9-10-18-12-11-17-8-7-15-4-3-13-1;1-4-12-6-2-8-14-10-11-15-9-3-7-13-5-1;;;/h19-22,31-35H,1-18H2,(H,36,37)(H,38,39)(H,40,41)(H,42,43);15-23H,3-14H2,1-2H3;13-21H,3-12H2,1-2H3;13-18H,1-12H2;12-15H,1-11H2;2*1H;/q;;;;;;;+2/p-2/t19-,20+,21+,22-;15-,16+,17+,18+;13-,14-,15+,16+;;;;;/m000...../s1. The van der Waals surface area contributed by atoms with Crippen LogP contribution in [0.25, 0.3) is 0 Å². The predicted molar refractivity (Wildman–Crippen MR) is 518 cm³/mol. The first-order valence-corrected chi connectivity index (χ1v) is 52.3. The molecular weight excluding hydrogens is 1810 g/mol. The summed E-state index contributed by atoms with van der Waals surface area (Å²) in [4.78, 5) is 91.9. The molecule has 7 fully saturated rings. The van der Waals surface area contributed by atoms with Crippen molar-refractivity contribution in [3.8, 4) is 0 Å². The molecule has 0 amide bonds. The van der Waals surface area contributed by atoms with Gasteiger partial charge in [0.05, 0.1) is 88.7 Å². The van der Waals surface area contributed by atoms with Gasteiger partial charge in [-0.25, -0.2) is 0 Å². The maximum atomic E-state index is 12.2. The minimum absolute atomic E-state index is 0.00694. The van der Waals surface area contributed by atoms with Crippen molar-refractivity contribution >= 4 is 68.0 Å². The Kier molecular flexibility index (Phi) is 84.8. The average molecular weight is 1990 g/mol. The Morgan fingerprint density at radius 2 is 0.444 bits per heavy atom. The van der Waals surface area contributed by atoms with Crippen molar-refractivity contribution in [1.82, 2.24) is 133 Å². The van der Waals surface area contributed by atoms with Crippen molar-refractivity contribution < 1.29 is 100 Å². The van der Waals surface area contributed by atoms with E-state index in [2.05, 4.69) is 147 Å². The molecule has 0 unspecified atom stereocenters. The van der Waals surface area contributed by atoms with Gasteiger partial charge in [0, 0.05) is 272 Å². The maximum absolute atomic E-state index is 12.2. The van der Waals surface area contributed by atoms with E-state index in [1.807, 2.05) is 0 Å². The molecule has 43 nitrogen and oxygen atoms in total. The van der Waals surface area contributed by atoms with Gasteiger partial charge in [-0.2, -0.15) is 0 Å². The van der Waals surface area contributed by atoms with Crippen molar-refractivity contribution in [3.63, 3.8) is 0 Å². The first-order valence-electron chi connectivity index (χ1n) is 49.1. The van der Waals surface area contributed by atoms with Gasteiger partial charge < -0.3 is 182 Å². The number of rotatable bonds is 24. The second-order valence-electron chi connectivity index (χ2n) is 34.1. The van der Waals surface area contributed by atoms with Crippen molar-refractivity contribution in [2.75, 3.05) is 303 Å². The Bertz CT molecular complexity index is 2590. The van der Waals surface area contributed by atoms with Gasteiger partial charge in [0.1, 0.15) is 26.4 Å². The second kappa shape index (κ2) is 90.3. The molecule has 0 aromatic rings. The minimum atomic E-state index is -1.18. The first kappa shape index (κ1) is 125. The zero-order valence-electron chi connectivity index (χ0n) is 80.6. The topological polar surface area (TPSA) is 574 Å². The Balaban J connectivity index is 0.000000607. The summed E-state index contributed by atoms with van der Waals surface area (Å²) < 4.78 is 31.8. The first-order chi connectivity index (χ1) is 64.7. The number of hydrogen-bond acceptors (Lipinski definition) is 39. The monoisotopic (exact) mass is 1990 g/mol. The number of fused-ring (bicyclic) bond motifs is 2. The van der Waals surface area contributed by atoms with Crippen molar-refractivity contribution in [1.29, 1.82) is 0 Å². The van der Waals surface area contributed by atoms with Crippen LogP contribution in [0, 0.1) is 0 Å². The number of nitrogens with one attached hydrogen (secondary N) is 25. The van der Waals surface area contributed by atoms with Gasteiger partial charge in [-0.1, -0.05) is 25.7 Å². The van der Waals surface area contributed by atoms with Crippen molar-refractivity contribution in [2.24, 2.45) is 0 Å². The number of methoxy groups -OCH3 is 2. The van der Waals surface area contributed by atoms with Crippen LogP contribution in [-0.4, -0.2) is 443 Å². The van der Waals surface area contributed by atoms with Crippen LogP contribution < -0.4 is 133 Å². The normalized spacial score (nSPS) is 26.3. The third-order valence-corrected chi connectivity index (χ3v) is 22.5. The number of esters is 4. The average Bonchev–Trinajstić information content (AvgIpc) is 1.07. The van der Waals surface area contributed by atoms with E-state index >= 15 is 0 Å². The van der Waals surface area contributed by atoms with E-state index in [-0.39, 0.29) is 91.4 Å². The number of carbonyl (C=O) groups excluding carboxylic acids is 4. The van der Waals surface area contributed by atoms with Crippen LogP contribution in [0.1, 0.15) is 136 Å². The zero-order chi connectivity index (χ0) is 96.7. The molecule has 0 radical (unpaired) electrons. The van der Waals surface area contributed by atoms with Crippen LogP contribution in [0.3, 0.4) is 0 Å². The predicted octanol–water partition coefficient (Wildman–Crippen LogP) is -5.18. The number of aliphatic carboxylic acids is 4. The molecule has 133 heavy (non-hydrogen) atoms. The quantitative estimate of drug-likeness (QED) is 0.0244. The summed E-state index contributed by atoms with van der Waals surface area (Å²) >= 11 is 0.00694. The number of hydrogen-bond donors (Lipinski definition) is 29. The van der Waals surface area contributed by atoms with E-state index in [0.29, 0.717) is 61.4 Å². The molecule has 0 bridgehead atoms. The van der Waals surface area contributed by atoms with E-state index in [1.54, 1.807) is 14.2 Å². The molecule has 12 atom stereocenters. The van der Waals surface area contributed by atoms with Gasteiger partial charge in [-0.05, 0) is 98.1 Å². The Morgan fingerprint density at radius 1 is 0.241 bits per heavy atom. The Morgan fingerprint density at radius 3 is 0.737 bits per heavy atom. The van der Waals surface area contributed by atoms with Crippen LogP contribution >= 0.6 is 20.2 Å². The Hall–Kier alpha value is -4.22. The van der Waals surface area contributed by atoms with Crippen LogP contribution in [0.15, 0.2) is 0 Å². The molecule has 7 aliphatic rings. The third kappa shape index (κ3) is 79.2. The van der Waals surface area contributed by atoms with Crippen molar-refractivity contribution in [3.05, 3.63) is 0 Å². The van der Waals surface area contributed by atoms with Gasteiger partial charge in [0.2, 0.25) is 0 Å². The van der Waals surface area contributed by atoms with E-state index < -0.39 is 97.6 Å². The number of ether oxygens (including phenoxy) is 6. The van der Waals surface area contributed by atoms with Crippen molar-refractivity contribution in [2.45, 2.75) is 208 Å². The molecule has 2 saturated carbocycles. The molecule has 7 rings (SSSR count). The fourth-order valence-electron chi connectivity index (χ4n) is 15.0. The molecule has 0 spiro atoms. The van der Waals surface area contributed by atoms with Gasteiger partial charge in [0.15, 0.2) is 0 Å². The molecule has 0 aromatic carbocycles. The van der Waals surface area contributed by atoms with E-state index in [1.165, 1.54) is 70.6 Å². The molecule has 5 aliphatic heterocycles. The summed E-state index contributed by atoms with van der Waals surface area (Å²) in [5.41, 5.74) is 0. The summed E-state index contributed by atoms with van der Waals surface area (Å²) in [6, 6.07) is 1.94. The summed E-state index contributed by atoms with van der Waals surface area (Å²) in [6.45, 7) is 40.3. The SMILES string of the molecule is C1CNCCCNCCNCCCNC1.C1CNCCNCCNCCNCCNCCN1.COC[C@H]1CN[C@@H]2CCCC[C@H]2NCCN[C@H](COC)CNCCN1.C[C@H]1CN[C@@H]2CCCC[C@H]2NC[C@H](C)NCCNCCN1.O=C(O)CCC(=O)OC[C@H]1CN[C@H](COC(=O)CCC(=O)O)CN[C@@H](COC(=O)CCC(=O)O)CN[C@H](COC(=O)CCC(=O)O)CNCCN1.[Cl][Mn][Cl]. The molecule has 29 N–H and O–H groups in total. The zero-order valence-corrected chi connectivity index (χ0v) is 83.3. The third-order valence-electron chi connectivity index (χ3n) is 22.5. The van der Waals surface area contributed by atoms with Crippen LogP contribution in [0.4, 0.5) is 0 Å². The van der Waals surface area contributed by atoms with Gasteiger partial charge >= 0.3 is 81.1 Å². The van der Waals surface area contributed by atoms with E-state index in [9.17, 15) is 38.4 Å². The van der Waals surface area contributed by atoms with Crippen LogP contribution in [0.5, 0.6) is 0 Å². The molecule has 5 heterocycles. The number of carboxylic acid groups (broad SMARTS) is 4. The molecule has 5 saturated heterocycles. The molecular formula is C87H179Cl2MnN25O18. The summed E-state index contributed by atoms with van der Waals surface area (Å²) in [6.07, 6.45) is 11.2.